The number of hydrogen-bond donors (Lipinski definition) is 0. The first-order chi connectivity index (χ1) is 41.0. The van der Waals surface area contributed by atoms with Gasteiger partial charge in [-0.15, -0.1) is 0 Å². The summed E-state index contributed by atoms with van der Waals surface area (Å²) in [6, 6.07) is 158. The van der Waals surface area contributed by atoms with E-state index in [2.05, 4.69) is 401 Å². The van der Waals surface area contributed by atoms with E-state index in [1.807, 2.05) is 0 Å². The number of benzene rings is 13. The fraction of sp³-hybridized carbons (Fsp3) is 0.0127. The molecule has 13 aromatic rings. The molecule has 0 atom stereocenters. The zero-order valence-corrected chi connectivity index (χ0v) is 50.4. The van der Waals surface area contributed by atoms with Crippen molar-refractivity contribution in [1.29, 1.82) is 0 Å². The minimum absolute atomic E-state index is 1.28. The van der Waals surface area contributed by atoms with Crippen molar-refractivity contribution in [3.63, 3.8) is 0 Å². The molecule has 13 rings (SSSR count). The van der Waals surface area contributed by atoms with Crippen molar-refractivity contribution >= 4 is 93.5 Å². The Balaban J connectivity index is 1.70. The Morgan fingerprint density at radius 3 is 0.410 bits per heavy atom. The van der Waals surface area contributed by atoms with Gasteiger partial charge < -0.3 is 0 Å². The maximum atomic E-state index is 2.88. The second-order valence-corrected chi connectivity index (χ2v) is 54.8. The fourth-order valence-electron chi connectivity index (χ4n) is 17.0. The van der Waals surface area contributed by atoms with E-state index in [9.17, 15) is 0 Å². The molecule has 0 nitrogen and oxygen atoms in total. The third-order valence-corrected chi connectivity index (χ3v) is 84.9. The summed E-state index contributed by atoms with van der Waals surface area (Å²) in [7, 11) is 0. The summed E-state index contributed by atoms with van der Waals surface area (Å²) in [6.07, 6.45) is -10.1. The van der Waals surface area contributed by atoms with Crippen molar-refractivity contribution in [3.8, 4) is 0 Å². The molecular weight excluding hydrogens is 1070 g/mol. The molecule has 0 aliphatic carbocycles. The zero-order chi connectivity index (χ0) is 56.3. The molecule has 0 amide bonds. The second-order valence-electron chi connectivity index (χ2n) is 22.0. The third-order valence-electron chi connectivity index (χ3n) is 19.2. The molecule has 0 saturated carbocycles. The number of hydrogen-bond acceptors (Lipinski definition) is 0. The quantitative estimate of drug-likeness (QED) is 0.0846. The third kappa shape index (κ3) is 6.15. The standard InChI is InChI=1S/C79H68P4/c1-80(67-41-15-2-16-42-67,68-43-17-3-18-44-68,69-45-19-4-20-46-69)82(74-55-29-9-30-56-74,75-57-31-10-32-58-75,76-59-33-11-34-60-76)83(77-61-35-12-36-62-77,78-63-37-13-38-64-78,79-65-39-14-40-66-79)81(70-47-21-5-22-48-70,71-49-23-6-24-50-71,72-51-25-7-26-52-72)73-53-27-8-28-54-73/h2-66H,1H3. The predicted octanol–water partition coefficient (Wildman–Crippen LogP) is 14.8. The SMILES string of the molecule is CP(c1ccccc1)(c1ccccc1)(c1ccccc1)P(c1ccccc1)(c1ccccc1)(c1ccccc1)P(c1ccccc1)(c1ccccc1)(c1ccccc1)P(c1ccccc1)(c1ccccc1)(c1ccccc1)c1ccccc1. The summed E-state index contributed by atoms with van der Waals surface area (Å²) >= 11 is 0. The van der Waals surface area contributed by atoms with Gasteiger partial charge in [0.05, 0.1) is 0 Å². The Kier molecular flexibility index (Phi) is 13.7. The van der Waals surface area contributed by atoms with Crippen LogP contribution in [0.2, 0.25) is 0 Å². The Hall–Kier alpha value is -8.42. The van der Waals surface area contributed by atoms with E-state index >= 15 is 0 Å². The Bertz CT molecular complexity index is 3790. The maximum absolute atomic E-state index is 5.61. The summed E-state index contributed by atoms with van der Waals surface area (Å²) in [5.41, 5.74) is 0. The first-order valence-electron chi connectivity index (χ1n) is 28.8. The van der Waals surface area contributed by atoms with Crippen LogP contribution in [0.5, 0.6) is 0 Å². The van der Waals surface area contributed by atoms with Crippen molar-refractivity contribution in [1.82, 2.24) is 0 Å². The molecule has 13 aromatic carbocycles. The Labute approximate surface area is 491 Å². The van der Waals surface area contributed by atoms with Gasteiger partial charge in [-0.25, -0.2) is 0 Å². The van der Waals surface area contributed by atoms with E-state index in [-0.39, 0.29) is 0 Å². The van der Waals surface area contributed by atoms with Crippen molar-refractivity contribution in [3.05, 3.63) is 394 Å². The van der Waals surface area contributed by atoms with Gasteiger partial charge in [0, 0.05) is 0 Å². The van der Waals surface area contributed by atoms with Gasteiger partial charge in [-0.3, -0.25) is 0 Å². The first kappa shape index (κ1) is 53.9. The van der Waals surface area contributed by atoms with E-state index in [0.29, 0.717) is 0 Å². The van der Waals surface area contributed by atoms with Crippen molar-refractivity contribution < 1.29 is 0 Å². The van der Waals surface area contributed by atoms with Gasteiger partial charge in [0.2, 0.25) is 0 Å². The van der Waals surface area contributed by atoms with Gasteiger partial charge in [0.15, 0.2) is 0 Å². The van der Waals surface area contributed by atoms with Gasteiger partial charge in [-0.2, -0.15) is 0 Å². The summed E-state index contributed by atoms with van der Waals surface area (Å²) < 4.78 is 0. The molecule has 4 heteroatoms. The van der Waals surface area contributed by atoms with Gasteiger partial charge in [0.1, 0.15) is 0 Å². The van der Waals surface area contributed by atoms with Crippen LogP contribution in [-0.4, -0.2) is 6.66 Å². The van der Waals surface area contributed by atoms with Gasteiger partial charge in [-0.05, 0) is 0 Å². The van der Waals surface area contributed by atoms with Gasteiger partial charge in [-0.1, -0.05) is 0 Å². The van der Waals surface area contributed by atoms with Crippen LogP contribution in [0.4, 0.5) is 0 Å². The fourth-order valence-corrected chi connectivity index (χ4v) is 117. The van der Waals surface area contributed by atoms with Crippen LogP contribution in [0.25, 0.3) is 0 Å². The molecule has 0 aliphatic heterocycles. The summed E-state index contributed by atoms with van der Waals surface area (Å²) in [6.45, 7) is 2.88. The molecule has 404 valence electrons. The minimum atomic E-state index is -5.61. The molecule has 0 spiro atoms. The molecule has 0 fully saturated rings. The first-order valence-corrected chi connectivity index (χ1v) is 40.3. The van der Waals surface area contributed by atoms with E-state index in [4.69, 9.17) is 0 Å². The monoisotopic (exact) mass is 1140 g/mol. The predicted molar refractivity (Wildman–Crippen MR) is 373 cm³/mol. The van der Waals surface area contributed by atoms with Crippen molar-refractivity contribution in [2.24, 2.45) is 0 Å². The van der Waals surface area contributed by atoms with Crippen LogP contribution in [0.1, 0.15) is 0 Å². The second kappa shape index (κ2) is 21.1. The topological polar surface area (TPSA) is 0 Å². The molecule has 0 radical (unpaired) electrons. The molecule has 0 aliphatic rings. The Morgan fingerprint density at radius 2 is 0.253 bits per heavy atom. The van der Waals surface area contributed by atoms with E-state index in [0.717, 1.165) is 0 Å². The molecule has 0 heterocycles. The van der Waals surface area contributed by atoms with Crippen molar-refractivity contribution in [2.75, 3.05) is 6.66 Å². The van der Waals surface area contributed by atoms with E-state index < -0.39 is 24.5 Å². The van der Waals surface area contributed by atoms with Crippen molar-refractivity contribution in [2.45, 2.75) is 0 Å². The van der Waals surface area contributed by atoms with Crippen LogP contribution in [0, 0.1) is 0 Å². The van der Waals surface area contributed by atoms with Gasteiger partial charge in [0.25, 0.3) is 0 Å². The van der Waals surface area contributed by atoms with E-state index in [1.165, 1.54) is 69.0 Å². The molecule has 0 saturated heterocycles. The van der Waals surface area contributed by atoms with Crippen LogP contribution in [0.3, 0.4) is 0 Å². The van der Waals surface area contributed by atoms with Crippen LogP contribution >= 0.6 is 24.5 Å². The molecule has 83 heavy (non-hydrogen) atoms. The molecule has 0 aromatic heterocycles. The zero-order valence-electron chi connectivity index (χ0n) is 46.8. The van der Waals surface area contributed by atoms with Crippen LogP contribution in [0.15, 0.2) is 394 Å². The average Bonchev–Trinajstić information content (AvgIpc) is 0.569. The van der Waals surface area contributed by atoms with Crippen LogP contribution < -0.4 is 69.0 Å². The molecule has 0 unspecified atom stereocenters. The summed E-state index contributed by atoms with van der Waals surface area (Å²) in [5.74, 6) is -11.1. The normalized spacial score (nSPS) is 13.9. The average molecular weight is 1140 g/mol. The molecule has 0 N–H and O–H groups in total. The summed E-state index contributed by atoms with van der Waals surface area (Å²) in [5, 5.41) is 16.9. The molecule has 0 bridgehead atoms. The van der Waals surface area contributed by atoms with E-state index in [1.54, 1.807) is 0 Å². The number of rotatable bonds is 16. The summed E-state index contributed by atoms with van der Waals surface area (Å²) in [4.78, 5) is 0. The Morgan fingerprint density at radius 1 is 0.133 bits per heavy atom. The molecular formula is C79H68P4. The van der Waals surface area contributed by atoms with Crippen LogP contribution in [-0.2, 0) is 0 Å². The van der Waals surface area contributed by atoms with Gasteiger partial charge >= 0.3 is 494 Å².